The van der Waals surface area contributed by atoms with E-state index in [2.05, 4.69) is 19.1 Å². The third kappa shape index (κ3) is 2.60. The van der Waals surface area contributed by atoms with Crippen LogP contribution in [0.4, 0.5) is 0 Å². The molecule has 0 bridgehead atoms. The van der Waals surface area contributed by atoms with Gasteiger partial charge in [-0.05, 0) is 37.3 Å². The lowest BCUT2D eigenvalue weighted by Gasteiger charge is -2.26. The van der Waals surface area contributed by atoms with E-state index in [1.54, 1.807) is 0 Å². The topological polar surface area (TPSA) is 35.2 Å². The van der Waals surface area contributed by atoms with E-state index in [1.165, 1.54) is 9.75 Å². The maximum atomic E-state index is 6.29. The molecule has 0 amide bonds. The summed E-state index contributed by atoms with van der Waals surface area (Å²) >= 11 is 1.87. The predicted molar refractivity (Wildman–Crippen MR) is 64.2 cm³/mol. The minimum Gasteiger partial charge on any atom is -0.381 e. The van der Waals surface area contributed by atoms with Crippen LogP contribution in [0.5, 0.6) is 0 Å². The van der Waals surface area contributed by atoms with E-state index in [-0.39, 0.29) is 6.04 Å². The van der Waals surface area contributed by atoms with Gasteiger partial charge in [-0.3, -0.25) is 0 Å². The second-order valence-electron chi connectivity index (χ2n) is 4.13. The Morgan fingerprint density at radius 3 is 2.80 bits per heavy atom. The molecule has 1 aromatic heterocycles. The Morgan fingerprint density at radius 2 is 2.20 bits per heavy atom. The molecule has 84 valence electrons. The first-order chi connectivity index (χ1) is 7.31. The van der Waals surface area contributed by atoms with Crippen LogP contribution in [0.1, 0.15) is 35.6 Å². The van der Waals surface area contributed by atoms with Gasteiger partial charge in [-0.25, -0.2) is 0 Å². The molecule has 0 aliphatic carbocycles. The maximum absolute atomic E-state index is 6.29. The van der Waals surface area contributed by atoms with Crippen LogP contribution in [0, 0.1) is 5.92 Å². The van der Waals surface area contributed by atoms with E-state index < -0.39 is 0 Å². The first-order valence-corrected chi connectivity index (χ1v) is 6.55. The molecule has 2 nitrogen and oxygen atoms in total. The normalized spacial score (nSPS) is 20.4. The summed E-state index contributed by atoms with van der Waals surface area (Å²) in [5.74, 6) is 0.613. The Bertz CT molecular complexity index is 304. The number of thiophene rings is 1. The van der Waals surface area contributed by atoms with Crippen LogP contribution >= 0.6 is 11.3 Å². The molecule has 0 saturated carbocycles. The molecule has 3 heteroatoms. The highest BCUT2D eigenvalue weighted by molar-refractivity contribution is 7.12. The van der Waals surface area contributed by atoms with Crippen LogP contribution in [0.25, 0.3) is 0 Å². The number of nitrogens with two attached hydrogens (primary N) is 1. The zero-order chi connectivity index (χ0) is 10.7. The van der Waals surface area contributed by atoms with Crippen LogP contribution in [0.3, 0.4) is 0 Å². The summed E-state index contributed by atoms with van der Waals surface area (Å²) in [6, 6.07) is 4.63. The number of hydrogen-bond acceptors (Lipinski definition) is 3. The third-order valence-electron chi connectivity index (χ3n) is 3.13. The second kappa shape index (κ2) is 5.10. The van der Waals surface area contributed by atoms with Crippen molar-refractivity contribution >= 4 is 11.3 Å². The van der Waals surface area contributed by atoms with Gasteiger partial charge in [0.05, 0.1) is 0 Å². The summed E-state index contributed by atoms with van der Waals surface area (Å²) in [5.41, 5.74) is 6.29. The first-order valence-electron chi connectivity index (χ1n) is 5.73. The molecule has 2 N–H and O–H groups in total. The average Bonchev–Trinajstić information content (AvgIpc) is 2.78. The zero-order valence-corrected chi connectivity index (χ0v) is 10.1. The van der Waals surface area contributed by atoms with Gasteiger partial charge in [0.2, 0.25) is 0 Å². The van der Waals surface area contributed by atoms with Crippen molar-refractivity contribution < 1.29 is 4.74 Å². The van der Waals surface area contributed by atoms with Crippen molar-refractivity contribution in [1.82, 2.24) is 0 Å². The summed E-state index contributed by atoms with van der Waals surface area (Å²) < 4.78 is 5.36. The van der Waals surface area contributed by atoms with Crippen LogP contribution in [-0.2, 0) is 11.2 Å². The third-order valence-corrected chi connectivity index (χ3v) is 4.46. The Labute approximate surface area is 95.4 Å². The molecule has 0 radical (unpaired) electrons. The Morgan fingerprint density at radius 1 is 1.47 bits per heavy atom. The molecule has 15 heavy (non-hydrogen) atoms. The van der Waals surface area contributed by atoms with Gasteiger partial charge in [-0.1, -0.05) is 6.92 Å². The van der Waals surface area contributed by atoms with Crippen molar-refractivity contribution in [2.24, 2.45) is 11.7 Å². The summed E-state index contributed by atoms with van der Waals surface area (Å²) in [4.78, 5) is 2.78. The molecule has 1 aliphatic heterocycles. The van der Waals surface area contributed by atoms with E-state index in [9.17, 15) is 0 Å². The van der Waals surface area contributed by atoms with E-state index in [0.717, 1.165) is 32.5 Å². The fraction of sp³-hybridized carbons (Fsp3) is 0.667. The molecule has 2 rings (SSSR count). The minimum atomic E-state index is 0.221. The lowest BCUT2D eigenvalue weighted by atomic mass is 9.91. The molecule has 1 aliphatic rings. The summed E-state index contributed by atoms with van der Waals surface area (Å²) in [7, 11) is 0. The van der Waals surface area contributed by atoms with Gasteiger partial charge in [0, 0.05) is 29.0 Å². The number of aryl methyl sites for hydroxylation is 1. The molecule has 1 aromatic rings. The standard InChI is InChI=1S/C12H19NOS/c1-2-10-3-4-11(15-10)12(13)9-5-7-14-8-6-9/h3-4,9,12H,2,5-8,13H2,1H3/t12-/m1/s1. The van der Waals surface area contributed by atoms with Crippen molar-refractivity contribution in [2.75, 3.05) is 13.2 Å². The lowest BCUT2D eigenvalue weighted by Crippen LogP contribution is -2.26. The largest absolute Gasteiger partial charge is 0.381 e. The highest BCUT2D eigenvalue weighted by Crippen LogP contribution is 2.32. The Hall–Kier alpha value is -0.380. The van der Waals surface area contributed by atoms with E-state index in [0.29, 0.717) is 5.92 Å². The SMILES string of the molecule is CCc1ccc([C@H](N)C2CCOCC2)s1. The van der Waals surface area contributed by atoms with Gasteiger partial charge in [0.25, 0.3) is 0 Å². The van der Waals surface area contributed by atoms with Crippen molar-refractivity contribution in [3.05, 3.63) is 21.9 Å². The lowest BCUT2D eigenvalue weighted by molar-refractivity contribution is 0.0587. The van der Waals surface area contributed by atoms with Crippen molar-refractivity contribution in [3.8, 4) is 0 Å². The van der Waals surface area contributed by atoms with Gasteiger partial charge < -0.3 is 10.5 Å². The van der Waals surface area contributed by atoms with Gasteiger partial charge in [0.15, 0.2) is 0 Å². The highest BCUT2D eigenvalue weighted by atomic mass is 32.1. The van der Waals surface area contributed by atoms with Crippen molar-refractivity contribution in [2.45, 2.75) is 32.2 Å². The van der Waals surface area contributed by atoms with E-state index >= 15 is 0 Å². The summed E-state index contributed by atoms with van der Waals surface area (Å²) in [5, 5.41) is 0. The molecule has 0 spiro atoms. The van der Waals surface area contributed by atoms with E-state index in [1.807, 2.05) is 11.3 Å². The van der Waals surface area contributed by atoms with Gasteiger partial charge in [-0.2, -0.15) is 0 Å². The number of hydrogen-bond donors (Lipinski definition) is 1. The molecule has 0 unspecified atom stereocenters. The number of ether oxygens (including phenoxy) is 1. The zero-order valence-electron chi connectivity index (χ0n) is 9.24. The predicted octanol–water partition coefficient (Wildman–Crippen LogP) is 2.74. The fourth-order valence-corrected chi connectivity index (χ4v) is 3.12. The van der Waals surface area contributed by atoms with Crippen LogP contribution in [0.15, 0.2) is 12.1 Å². The first kappa shape index (κ1) is 11.1. The average molecular weight is 225 g/mol. The monoisotopic (exact) mass is 225 g/mol. The van der Waals surface area contributed by atoms with Crippen LogP contribution in [-0.4, -0.2) is 13.2 Å². The van der Waals surface area contributed by atoms with Crippen molar-refractivity contribution in [3.63, 3.8) is 0 Å². The molecule has 1 fully saturated rings. The minimum absolute atomic E-state index is 0.221. The highest BCUT2D eigenvalue weighted by Gasteiger charge is 2.23. The molecular weight excluding hydrogens is 206 g/mol. The second-order valence-corrected chi connectivity index (χ2v) is 5.33. The van der Waals surface area contributed by atoms with Gasteiger partial charge in [0.1, 0.15) is 0 Å². The fourth-order valence-electron chi connectivity index (χ4n) is 2.07. The Balaban J connectivity index is 2.02. The molecule has 1 saturated heterocycles. The van der Waals surface area contributed by atoms with Crippen molar-refractivity contribution in [1.29, 1.82) is 0 Å². The quantitative estimate of drug-likeness (QED) is 0.858. The van der Waals surface area contributed by atoms with Gasteiger partial charge in [-0.15, -0.1) is 11.3 Å². The van der Waals surface area contributed by atoms with Crippen LogP contribution in [0.2, 0.25) is 0 Å². The van der Waals surface area contributed by atoms with E-state index in [4.69, 9.17) is 10.5 Å². The summed E-state index contributed by atoms with van der Waals surface area (Å²) in [6.45, 7) is 3.95. The summed E-state index contributed by atoms with van der Waals surface area (Å²) in [6.07, 6.45) is 3.34. The van der Waals surface area contributed by atoms with Gasteiger partial charge >= 0.3 is 0 Å². The molecule has 0 aromatic carbocycles. The molecule has 1 atom stereocenters. The molecule has 2 heterocycles. The smallest absolute Gasteiger partial charge is 0.0469 e. The maximum Gasteiger partial charge on any atom is 0.0469 e. The Kier molecular flexibility index (Phi) is 3.78. The van der Waals surface area contributed by atoms with Crippen LogP contribution < -0.4 is 5.73 Å². The number of rotatable bonds is 3. The molecular formula is C12H19NOS.